The molecule has 3 unspecified atom stereocenters. The SMILES string of the molecule is CN1C(C)(C)CC(C(=O)OCCOC2CC(OCCOC(=O)C3CC(C)(C)N(C)C3(C)C)CC(OCCOC(=O)C3CC(C)(C)N(C)C3(C)C)C2)C1(C)C. The third-order valence-corrected chi connectivity index (χ3v) is 14.5. The molecule has 0 amide bonds. The first-order valence-corrected chi connectivity index (χ1v) is 20.3. The molecule has 3 heterocycles. The molecule has 1 aliphatic carbocycles. The highest BCUT2D eigenvalue weighted by molar-refractivity contribution is 5.76. The van der Waals surface area contributed by atoms with Crippen LogP contribution in [0.5, 0.6) is 0 Å². The summed E-state index contributed by atoms with van der Waals surface area (Å²) in [6.07, 6.45) is 3.59. The first-order valence-electron chi connectivity index (χ1n) is 20.3. The average Bonchev–Trinajstić information content (AvgIpc) is 3.45. The minimum absolute atomic E-state index is 0.0894. The van der Waals surface area contributed by atoms with Gasteiger partial charge in [-0.05, 0) is 143 Å². The summed E-state index contributed by atoms with van der Waals surface area (Å²) >= 11 is 0. The summed E-state index contributed by atoms with van der Waals surface area (Å²) in [6.45, 7) is 26.8. The van der Waals surface area contributed by atoms with E-state index in [4.69, 9.17) is 28.4 Å². The summed E-state index contributed by atoms with van der Waals surface area (Å²) in [5.74, 6) is -1.23. The van der Waals surface area contributed by atoms with Crippen molar-refractivity contribution in [2.45, 2.75) is 173 Å². The van der Waals surface area contributed by atoms with Crippen LogP contribution in [0.2, 0.25) is 0 Å². The monoisotopic (exact) mass is 766 g/mol. The number of carbonyl (C=O) groups excluding carboxylic acids is 3. The van der Waals surface area contributed by atoms with E-state index in [1.54, 1.807) is 0 Å². The minimum atomic E-state index is -0.303. The van der Waals surface area contributed by atoms with E-state index in [1.165, 1.54) is 0 Å². The zero-order valence-corrected chi connectivity index (χ0v) is 36.5. The summed E-state index contributed by atoms with van der Waals surface area (Å²) in [6, 6.07) is 0. The molecule has 1 saturated carbocycles. The zero-order valence-electron chi connectivity index (χ0n) is 36.5. The summed E-state index contributed by atoms with van der Waals surface area (Å²) < 4.78 is 36.1. The molecule has 3 aliphatic heterocycles. The second-order valence-corrected chi connectivity index (χ2v) is 20.0. The number of hydrogen-bond acceptors (Lipinski definition) is 12. The number of esters is 3. The lowest BCUT2D eigenvalue weighted by molar-refractivity contribution is -0.157. The Kier molecular flexibility index (Phi) is 13.8. The Balaban J connectivity index is 1.28. The first kappa shape index (κ1) is 44.9. The average molecular weight is 766 g/mol. The van der Waals surface area contributed by atoms with Gasteiger partial charge >= 0.3 is 17.9 Å². The van der Waals surface area contributed by atoms with Crippen molar-refractivity contribution in [2.75, 3.05) is 60.8 Å². The predicted octanol–water partition coefficient (Wildman–Crippen LogP) is 5.48. The van der Waals surface area contributed by atoms with Gasteiger partial charge in [-0.15, -0.1) is 0 Å². The van der Waals surface area contributed by atoms with Crippen molar-refractivity contribution < 1.29 is 42.8 Å². The van der Waals surface area contributed by atoms with Crippen LogP contribution in [0.4, 0.5) is 0 Å². The van der Waals surface area contributed by atoms with Gasteiger partial charge in [0, 0.05) is 33.2 Å². The molecule has 0 radical (unpaired) electrons. The second-order valence-electron chi connectivity index (χ2n) is 20.0. The number of ether oxygens (including phenoxy) is 6. The van der Waals surface area contributed by atoms with Gasteiger partial charge in [0.05, 0.1) is 55.9 Å². The summed E-state index contributed by atoms with van der Waals surface area (Å²) in [5, 5.41) is 0. The van der Waals surface area contributed by atoms with E-state index in [2.05, 4.69) is 119 Å². The molecule has 4 fully saturated rings. The third-order valence-electron chi connectivity index (χ3n) is 14.5. The molecule has 0 aromatic heterocycles. The summed E-state index contributed by atoms with van der Waals surface area (Å²) in [5.41, 5.74) is -1.18. The summed E-state index contributed by atoms with van der Waals surface area (Å²) in [4.78, 5) is 46.2. The Hall–Kier alpha value is -1.83. The van der Waals surface area contributed by atoms with Gasteiger partial charge in [0.1, 0.15) is 19.8 Å². The minimum Gasteiger partial charge on any atom is -0.463 e. The molecule has 4 aliphatic rings. The van der Waals surface area contributed by atoms with Crippen LogP contribution in [0.25, 0.3) is 0 Å². The van der Waals surface area contributed by atoms with Gasteiger partial charge in [-0.25, -0.2) is 0 Å². The van der Waals surface area contributed by atoms with Crippen molar-refractivity contribution in [3.63, 3.8) is 0 Å². The molecule has 54 heavy (non-hydrogen) atoms. The molecule has 0 aromatic rings. The van der Waals surface area contributed by atoms with E-state index in [0.717, 1.165) is 19.3 Å². The summed E-state index contributed by atoms with van der Waals surface area (Å²) in [7, 11) is 6.20. The van der Waals surface area contributed by atoms with Gasteiger partial charge in [-0.3, -0.25) is 29.1 Å². The van der Waals surface area contributed by atoms with Crippen molar-refractivity contribution in [1.82, 2.24) is 14.7 Å². The molecule has 0 bridgehead atoms. The molecule has 312 valence electrons. The highest BCUT2D eigenvalue weighted by Gasteiger charge is 2.55. The van der Waals surface area contributed by atoms with Gasteiger partial charge in [-0.2, -0.15) is 0 Å². The molecule has 0 aromatic carbocycles. The van der Waals surface area contributed by atoms with Gasteiger partial charge in [0.2, 0.25) is 0 Å². The van der Waals surface area contributed by atoms with Gasteiger partial charge < -0.3 is 28.4 Å². The molecule has 3 atom stereocenters. The van der Waals surface area contributed by atoms with Gasteiger partial charge in [0.25, 0.3) is 0 Å². The van der Waals surface area contributed by atoms with Crippen molar-refractivity contribution in [1.29, 1.82) is 0 Å². The molecule has 0 spiro atoms. The van der Waals surface area contributed by atoms with Crippen LogP contribution in [0.15, 0.2) is 0 Å². The quantitative estimate of drug-likeness (QED) is 0.119. The fourth-order valence-corrected chi connectivity index (χ4v) is 9.76. The molecule has 3 saturated heterocycles. The van der Waals surface area contributed by atoms with Crippen molar-refractivity contribution in [3.8, 4) is 0 Å². The van der Waals surface area contributed by atoms with E-state index < -0.39 is 0 Å². The smallest absolute Gasteiger partial charge is 0.310 e. The van der Waals surface area contributed by atoms with Crippen LogP contribution in [0, 0.1) is 17.8 Å². The molecular weight excluding hydrogens is 690 g/mol. The Bertz CT molecular complexity index is 1160. The van der Waals surface area contributed by atoms with E-state index in [0.29, 0.717) is 19.3 Å². The second kappa shape index (κ2) is 16.6. The zero-order chi connectivity index (χ0) is 40.7. The lowest BCUT2D eigenvalue weighted by Gasteiger charge is -2.38. The largest absolute Gasteiger partial charge is 0.463 e. The topological polar surface area (TPSA) is 116 Å². The van der Waals surface area contributed by atoms with E-state index >= 15 is 0 Å². The normalized spacial score (nSPS) is 32.7. The van der Waals surface area contributed by atoms with Crippen LogP contribution in [-0.4, -0.2) is 145 Å². The number of nitrogens with zero attached hydrogens (tertiary/aromatic N) is 3. The van der Waals surface area contributed by atoms with Gasteiger partial charge in [0.15, 0.2) is 0 Å². The lowest BCUT2D eigenvalue weighted by atomic mass is 9.87. The fourth-order valence-electron chi connectivity index (χ4n) is 9.76. The van der Waals surface area contributed by atoms with E-state index in [-0.39, 0.29) is 127 Å². The van der Waals surface area contributed by atoms with Crippen LogP contribution >= 0.6 is 0 Å². The molecular formula is C42H75N3O9. The number of likely N-dealkylation sites (tertiary alicyclic amines) is 3. The molecule has 4 rings (SSSR count). The maximum absolute atomic E-state index is 13.2. The number of carbonyl (C=O) groups is 3. The van der Waals surface area contributed by atoms with Gasteiger partial charge in [-0.1, -0.05) is 0 Å². The molecule has 0 N–H and O–H groups in total. The Labute approximate surface area is 326 Å². The Morgan fingerprint density at radius 2 is 0.648 bits per heavy atom. The molecule has 12 nitrogen and oxygen atoms in total. The first-order chi connectivity index (χ1) is 24.7. The Morgan fingerprint density at radius 1 is 0.426 bits per heavy atom. The van der Waals surface area contributed by atoms with Crippen molar-refractivity contribution >= 4 is 17.9 Å². The van der Waals surface area contributed by atoms with E-state index in [9.17, 15) is 14.4 Å². The highest BCUT2D eigenvalue weighted by atomic mass is 16.6. The van der Waals surface area contributed by atoms with Crippen molar-refractivity contribution in [3.05, 3.63) is 0 Å². The predicted molar refractivity (Wildman–Crippen MR) is 208 cm³/mol. The maximum atomic E-state index is 13.2. The lowest BCUT2D eigenvalue weighted by Crippen LogP contribution is -2.48. The van der Waals surface area contributed by atoms with Crippen LogP contribution in [-0.2, 0) is 42.8 Å². The number of hydrogen-bond donors (Lipinski definition) is 0. The number of rotatable bonds is 15. The van der Waals surface area contributed by atoms with E-state index in [1.807, 2.05) is 0 Å². The van der Waals surface area contributed by atoms with Crippen LogP contribution in [0.1, 0.15) is 122 Å². The maximum Gasteiger partial charge on any atom is 0.310 e. The van der Waals surface area contributed by atoms with Crippen LogP contribution < -0.4 is 0 Å². The molecule has 12 heteroatoms. The Morgan fingerprint density at radius 3 is 0.833 bits per heavy atom. The standard InChI is InChI=1S/C42H75N3O9/c1-37(2)25-31(40(7,8)43(37)13)34(46)52-19-16-49-28-22-29(50-17-20-53-35(47)32-26-38(3,4)44(14)41(32,9)10)24-30(23-28)51-18-21-54-36(48)33-27-39(5,6)45(15)42(33,11)12/h28-33H,16-27H2,1-15H3. The highest BCUT2D eigenvalue weighted by Crippen LogP contribution is 2.46. The third kappa shape index (κ3) is 9.64. The van der Waals surface area contributed by atoms with Crippen LogP contribution in [0.3, 0.4) is 0 Å². The fraction of sp³-hybridized carbons (Fsp3) is 0.929. The van der Waals surface area contributed by atoms with Crippen molar-refractivity contribution in [2.24, 2.45) is 17.8 Å².